The van der Waals surface area contributed by atoms with Crippen LogP contribution in [0, 0.1) is 0 Å². The molecule has 0 atom stereocenters. The number of alkyl halides is 2. The first-order chi connectivity index (χ1) is 8.59. The van der Waals surface area contributed by atoms with E-state index in [-0.39, 0.29) is 11.5 Å². The van der Waals surface area contributed by atoms with E-state index in [1.54, 1.807) is 12.1 Å². The van der Waals surface area contributed by atoms with Crippen LogP contribution in [0.1, 0.15) is 37.3 Å². The predicted octanol–water partition coefficient (Wildman–Crippen LogP) is 3.58. The van der Waals surface area contributed by atoms with E-state index in [4.69, 9.17) is 4.74 Å². The lowest BCUT2D eigenvalue weighted by molar-refractivity contribution is 0.122. The molecule has 1 fully saturated rings. The Morgan fingerprint density at radius 1 is 1.11 bits per heavy atom. The topological polar surface area (TPSA) is 12.5 Å². The Kier molecular flexibility index (Phi) is 4.17. The van der Waals surface area contributed by atoms with Crippen LogP contribution in [0.2, 0.25) is 0 Å². The van der Waals surface area contributed by atoms with Crippen molar-refractivity contribution >= 4 is 5.69 Å². The number of rotatable bonds is 3. The van der Waals surface area contributed by atoms with Gasteiger partial charge in [-0.05, 0) is 23.6 Å². The molecule has 1 aliphatic rings. The number of hydrogen-bond acceptors (Lipinski definition) is 2. The third kappa shape index (κ3) is 2.80. The van der Waals surface area contributed by atoms with E-state index in [1.807, 2.05) is 19.9 Å². The minimum Gasteiger partial charge on any atom is -0.378 e. The molecule has 0 amide bonds. The smallest absolute Gasteiger partial charge is 0.264 e. The summed E-state index contributed by atoms with van der Waals surface area (Å²) in [5.74, 6) is 0.106. The fourth-order valence-electron chi connectivity index (χ4n) is 2.28. The van der Waals surface area contributed by atoms with Gasteiger partial charge in [0, 0.05) is 24.3 Å². The Hall–Kier alpha value is -1.16. The molecule has 1 aromatic rings. The van der Waals surface area contributed by atoms with Crippen molar-refractivity contribution in [2.24, 2.45) is 0 Å². The summed E-state index contributed by atoms with van der Waals surface area (Å²) in [6.45, 7) is 6.95. The third-order valence-electron chi connectivity index (χ3n) is 3.30. The van der Waals surface area contributed by atoms with Crippen LogP contribution in [-0.2, 0) is 4.74 Å². The second kappa shape index (κ2) is 5.65. The molecule has 1 heterocycles. The van der Waals surface area contributed by atoms with Crippen molar-refractivity contribution < 1.29 is 13.5 Å². The average molecular weight is 255 g/mol. The molecular formula is C14H19F2NO. The molecule has 100 valence electrons. The Balaban J connectivity index is 2.30. The molecule has 1 saturated heterocycles. The first kappa shape index (κ1) is 13.3. The van der Waals surface area contributed by atoms with Gasteiger partial charge in [0.15, 0.2) is 0 Å². The minimum atomic E-state index is -2.40. The summed E-state index contributed by atoms with van der Waals surface area (Å²) in [5, 5.41) is 0. The van der Waals surface area contributed by atoms with Gasteiger partial charge in [0.05, 0.1) is 13.2 Å². The molecule has 0 radical (unpaired) electrons. The lowest BCUT2D eigenvalue weighted by atomic mass is 9.96. The zero-order valence-electron chi connectivity index (χ0n) is 10.8. The Morgan fingerprint density at radius 3 is 2.33 bits per heavy atom. The highest BCUT2D eigenvalue weighted by atomic mass is 19.3. The highest BCUT2D eigenvalue weighted by Crippen LogP contribution is 2.32. The van der Waals surface area contributed by atoms with E-state index >= 15 is 0 Å². The molecule has 2 rings (SSSR count). The molecule has 0 bridgehead atoms. The molecular weight excluding hydrogens is 236 g/mol. The van der Waals surface area contributed by atoms with Gasteiger partial charge in [-0.1, -0.05) is 19.9 Å². The summed E-state index contributed by atoms with van der Waals surface area (Å²) in [4.78, 5) is 2.19. The summed E-state index contributed by atoms with van der Waals surface area (Å²) >= 11 is 0. The number of nitrogens with zero attached hydrogens (tertiary/aromatic N) is 1. The number of halogens is 2. The molecule has 18 heavy (non-hydrogen) atoms. The maximum atomic E-state index is 12.9. The minimum absolute atomic E-state index is 0.106. The van der Waals surface area contributed by atoms with Crippen molar-refractivity contribution in [3.8, 4) is 0 Å². The highest BCUT2D eigenvalue weighted by Gasteiger charge is 2.18. The van der Waals surface area contributed by atoms with Gasteiger partial charge in [-0.25, -0.2) is 8.78 Å². The molecule has 1 aromatic carbocycles. The molecule has 2 nitrogen and oxygen atoms in total. The van der Waals surface area contributed by atoms with Crippen molar-refractivity contribution in [3.63, 3.8) is 0 Å². The molecule has 0 aliphatic carbocycles. The van der Waals surface area contributed by atoms with Gasteiger partial charge in [-0.15, -0.1) is 0 Å². The number of anilines is 1. The summed E-state index contributed by atoms with van der Waals surface area (Å²) in [7, 11) is 0. The van der Waals surface area contributed by atoms with Crippen LogP contribution in [0.4, 0.5) is 14.5 Å². The van der Waals surface area contributed by atoms with Crippen molar-refractivity contribution in [2.45, 2.75) is 26.2 Å². The largest absolute Gasteiger partial charge is 0.378 e. The molecule has 0 unspecified atom stereocenters. The van der Waals surface area contributed by atoms with Crippen LogP contribution < -0.4 is 4.90 Å². The van der Waals surface area contributed by atoms with Crippen molar-refractivity contribution in [1.29, 1.82) is 0 Å². The quantitative estimate of drug-likeness (QED) is 0.818. The highest BCUT2D eigenvalue weighted by molar-refractivity contribution is 5.52. The van der Waals surface area contributed by atoms with E-state index in [9.17, 15) is 8.78 Å². The molecule has 0 N–H and O–H groups in total. The van der Waals surface area contributed by atoms with Crippen molar-refractivity contribution in [3.05, 3.63) is 29.3 Å². The Bertz CT molecular complexity index is 401. The molecule has 0 saturated carbocycles. The van der Waals surface area contributed by atoms with Crippen LogP contribution in [-0.4, -0.2) is 26.3 Å². The van der Waals surface area contributed by atoms with Crippen LogP contribution in [0.15, 0.2) is 18.2 Å². The SMILES string of the molecule is CC(C)c1cc(N2CCOCC2)ccc1C(F)F. The lowest BCUT2D eigenvalue weighted by Crippen LogP contribution is -2.36. The number of hydrogen-bond donors (Lipinski definition) is 0. The van der Waals surface area contributed by atoms with Gasteiger partial charge in [0.25, 0.3) is 6.43 Å². The second-order valence-electron chi connectivity index (χ2n) is 4.87. The van der Waals surface area contributed by atoms with Crippen LogP contribution in [0.5, 0.6) is 0 Å². The lowest BCUT2D eigenvalue weighted by Gasteiger charge is -2.30. The van der Waals surface area contributed by atoms with Gasteiger partial charge in [-0.2, -0.15) is 0 Å². The van der Waals surface area contributed by atoms with Gasteiger partial charge in [0.2, 0.25) is 0 Å². The van der Waals surface area contributed by atoms with E-state index in [1.165, 1.54) is 0 Å². The Labute approximate surface area is 107 Å². The van der Waals surface area contributed by atoms with E-state index in [0.717, 1.165) is 24.3 Å². The summed E-state index contributed by atoms with van der Waals surface area (Å²) in [6, 6.07) is 5.25. The van der Waals surface area contributed by atoms with E-state index in [0.29, 0.717) is 13.2 Å². The van der Waals surface area contributed by atoms with Crippen LogP contribution in [0.25, 0.3) is 0 Å². The summed E-state index contributed by atoms with van der Waals surface area (Å²) < 4.78 is 31.2. The first-order valence-corrected chi connectivity index (χ1v) is 6.34. The number of ether oxygens (including phenoxy) is 1. The third-order valence-corrected chi connectivity index (χ3v) is 3.30. The maximum absolute atomic E-state index is 12.9. The summed E-state index contributed by atoms with van der Waals surface area (Å²) in [5.41, 5.74) is 1.92. The van der Waals surface area contributed by atoms with E-state index in [2.05, 4.69) is 4.90 Å². The number of morpholine rings is 1. The van der Waals surface area contributed by atoms with Gasteiger partial charge >= 0.3 is 0 Å². The maximum Gasteiger partial charge on any atom is 0.264 e. The van der Waals surface area contributed by atoms with Crippen LogP contribution in [0.3, 0.4) is 0 Å². The fraction of sp³-hybridized carbons (Fsp3) is 0.571. The first-order valence-electron chi connectivity index (χ1n) is 6.34. The Morgan fingerprint density at radius 2 is 1.78 bits per heavy atom. The summed E-state index contributed by atoms with van der Waals surface area (Å²) in [6.07, 6.45) is -2.40. The second-order valence-corrected chi connectivity index (χ2v) is 4.87. The standard InChI is InChI=1S/C14H19F2NO/c1-10(2)13-9-11(3-4-12(13)14(15)16)17-5-7-18-8-6-17/h3-4,9-10,14H,5-8H2,1-2H3. The van der Waals surface area contributed by atoms with Gasteiger partial charge in [0.1, 0.15) is 0 Å². The van der Waals surface area contributed by atoms with Crippen molar-refractivity contribution in [1.82, 2.24) is 0 Å². The zero-order valence-corrected chi connectivity index (χ0v) is 10.8. The molecule has 0 spiro atoms. The van der Waals surface area contributed by atoms with Crippen molar-refractivity contribution in [2.75, 3.05) is 31.2 Å². The fourth-order valence-corrected chi connectivity index (χ4v) is 2.28. The van der Waals surface area contributed by atoms with Crippen LogP contribution >= 0.6 is 0 Å². The molecule has 0 aromatic heterocycles. The molecule has 1 aliphatic heterocycles. The van der Waals surface area contributed by atoms with Gasteiger partial charge in [-0.3, -0.25) is 0 Å². The monoisotopic (exact) mass is 255 g/mol. The molecule has 4 heteroatoms. The van der Waals surface area contributed by atoms with Gasteiger partial charge < -0.3 is 9.64 Å². The number of benzene rings is 1. The average Bonchev–Trinajstić information content (AvgIpc) is 2.39. The normalized spacial score (nSPS) is 16.7. The van der Waals surface area contributed by atoms with E-state index < -0.39 is 6.43 Å². The predicted molar refractivity (Wildman–Crippen MR) is 68.5 cm³/mol. The zero-order chi connectivity index (χ0) is 13.1.